The van der Waals surface area contributed by atoms with E-state index in [4.69, 9.17) is 11.6 Å². The molecule has 0 unspecified atom stereocenters. The number of hydrogen-bond donors (Lipinski definition) is 0. The van der Waals surface area contributed by atoms with E-state index in [0.29, 0.717) is 16.1 Å². The molecule has 0 saturated heterocycles. The molecule has 5 heteroatoms. The van der Waals surface area contributed by atoms with Gasteiger partial charge in [0, 0.05) is 18.3 Å². The van der Waals surface area contributed by atoms with Crippen LogP contribution < -0.4 is 0 Å². The van der Waals surface area contributed by atoms with E-state index < -0.39 is 5.95 Å². The number of halogens is 2. The maximum atomic E-state index is 13.3. The van der Waals surface area contributed by atoms with Gasteiger partial charge in [0.25, 0.3) is 0 Å². The zero-order valence-corrected chi connectivity index (χ0v) is 8.59. The summed E-state index contributed by atoms with van der Waals surface area (Å²) in [7, 11) is 0. The predicted octanol–water partition coefficient (Wildman–Crippen LogP) is 2.80. The highest BCUT2D eigenvalue weighted by molar-refractivity contribution is 6.30. The standard InChI is InChI=1S/C9H9ClFN3/c1-5(2)14-7-3-8(10)12-4-6(7)9(11)13-14/h3-5H,1-2H3. The molecule has 0 aliphatic rings. The lowest BCUT2D eigenvalue weighted by Crippen LogP contribution is -2.02. The van der Waals surface area contributed by atoms with Crippen molar-refractivity contribution in [2.24, 2.45) is 0 Å². The van der Waals surface area contributed by atoms with Crippen LogP contribution in [0.15, 0.2) is 12.3 Å². The average molecular weight is 214 g/mol. The molecule has 3 nitrogen and oxygen atoms in total. The molecule has 0 atom stereocenters. The molecular weight excluding hydrogens is 205 g/mol. The number of hydrogen-bond acceptors (Lipinski definition) is 2. The van der Waals surface area contributed by atoms with Crippen LogP contribution in [0.3, 0.4) is 0 Å². The molecule has 74 valence electrons. The van der Waals surface area contributed by atoms with Gasteiger partial charge in [-0.2, -0.15) is 4.39 Å². The summed E-state index contributed by atoms with van der Waals surface area (Å²) < 4.78 is 14.9. The van der Waals surface area contributed by atoms with Crippen LogP contribution in [0.2, 0.25) is 5.15 Å². The van der Waals surface area contributed by atoms with Crippen LogP contribution >= 0.6 is 11.6 Å². The monoisotopic (exact) mass is 213 g/mol. The SMILES string of the molecule is CC(C)n1nc(F)c2cnc(Cl)cc21. The Morgan fingerprint density at radius 3 is 2.86 bits per heavy atom. The summed E-state index contributed by atoms with van der Waals surface area (Å²) in [6, 6.07) is 1.72. The molecule has 2 heterocycles. The Hall–Kier alpha value is -1.16. The topological polar surface area (TPSA) is 30.7 Å². The van der Waals surface area contributed by atoms with Gasteiger partial charge >= 0.3 is 0 Å². The first-order valence-corrected chi connectivity index (χ1v) is 4.66. The lowest BCUT2D eigenvalue weighted by molar-refractivity contribution is 0.492. The van der Waals surface area contributed by atoms with E-state index in [1.165, 1.54) is 6.20 Å². The van der Waals surface area contributed by atoms with Crippen LogP contribution in [-0.2, 0) is 0 Å². The molecule has 0 spiro atoms. The molecular formula is C9H9ClFN3. The third-order valence-electron chi connectivity index (χ3n) is 2.00. The Morgan fingerprint density at radius 2 is 2.21 bits per heavy atom. The van der Waals surface area contributed by atoms with Gasteiger partial charge in [0.1, 0.15) is 5.15 Å². The number of aromatic nitrogens is 3. The number of fused-ring (bicyclic) bond motifs is 1. The van der Waals surface area contributed by atoms with Crippen LogP contribution in [0, 0.1) is 5.95 Å². The van der Waals surface area contributed by atoms with E-state index in [1.807, 2.05) is 13.8 Å². The van der Waals surface area contributed by atoms with E-state index in [0.717, 1.165) is 0 Å². The first-order valence-electron chi connectivity index (χ1n) is 4.29. The fourth-order valence-electron chi connectivity index (χ4n) is 1.36. The first kappa shape index (κ1) is 9.40. The Kier molecular flexibility index (Phi) is 2.15. The summed E-state index contributed by atoms with van der Waals surface area (Å²) in [5.74, 6) is -0.502. The van der Waals surface area contributed by atoms with Gasteiger partial charge in [0.05, 0.1) is 10.9 Å². The predicted molar refractivity (Wildman–Crippen MR) is 52.9 cm³/mol. The second kappa shape index (κ2) is 3.20. The van der Waals surface area contributed by atoms with Crippen molar-refractivity contribution in [2.75, 3.05) is 0 Å². The summed E-state index contributed by atoms with van der Waals surface area (Å²) in [5.41, 5.74) is 0.678. The lowest BCUT2D eigenvalue weighted by Gasteiger charge is -2.05. The minimum atomic E-state index is -0.502. The molecule has 0 aromatic carbocycles. The van der Waals surface area contributed by atoms with E-state index in [1.54, 1.807) is 10.7 Å². The van der Waals surface area contributed by atoms with Crippen LogP contribution in [0.1, 0.15) is 19.9 Å². The molecule has 0 saturated carbocycles. The molecule has 0 aliphatic carbocycles. The summed E-state index contributed by atoms with van der Waals surface area (Å²) >= 11 is 5.73. The summed E-state index contributed by atoms with van der Waals surface area (Å²) in [6.07, 6.45) is 1.40. The molecule has 2 aromatic rings. The highest BCUT2D eigenvalue weighted by Gasteiger charge is 2.12. The molecule has 2 rings (SSSR count). The van der Waals surface area contributed by atoms with Crippen molar-refractivity contribution >= 4 is 22.5 Å². The van der Waals surface area contributed by atoms with Crippen molar-refractivity contribution in [1.29, 1.82) is 0 Å². The van der Waals surface area contributed by atoms with E-state index in [9.17, 15) is 4.39 Å². The smallest absolute Gasteiger partial charge is 0.242 e. The second-order valence-electron chi connectivity index (χ2n) is 3.35. The summed E-state index contributed by atoms with van der Waals surface area (Å²) in [4.78, 5) is 3.81. The number of rotatable bonds is 1. The Morgan fingerprint density at radius 1 is 1.50 bits per heavy atom. The maximum Gasteiger partial charge on any atom is 0.242 e. The van der Waals surface area contributed by atoms with E-state index in [2.05, 4.69) is 10.1 Å². The van der Waals surface area contributed by atoms with Gasteiger partial charge < -0.3 is 0 Å². The third kappa shape index (κ3) is 1.35. The summed E-state index contributed by atoms with van der Waals surface area (Å²) in [5, 5.41) is 4.53. The third-order valence-corrected chi connectivity index (χ3v) is 2.21. The fraction of sp³-hybridized carbons (Fsp3) is 0.333. The van der Waals surface area contributed by atoms with Crippen molar-refractivity contribution in [1.82, 2.24) is 14.8 Å². The molecule has 0 amide bonds. The largest absolute Gasteiger partial charge is 0.259 e. The Balaban J connectivity index is 2.79. The van der Waals surface area contributed by atoms with E-state index in [-0.39, 0.29) is 6.04 Å². The van der Waals surface area contributed by atoms with Gasteiger partial charge in [-0.05, 0) is 13.8 Å². The van der Waals surface area contributed by atoms with Crippen LogP contribution in [0.4, 0.5) is 4.39 Å². The lowest BCUT2D eigenvalue weighted by atomic mass is 10.3. The molecule has 0 N–H and O–H groups in total. The Labute approximate surface area is 85.5 Å². The van der Waals surface area contributed by atoms with Crippen molar-refractivity contribution in [2.45, 2.75) is 19.9 Å². The molecule has 2 aromatic heterocycles. The van der Waals surface area contributed by atoms with Gasteiger partial charge in [-0.15, -0.1) is 5.10 Å². The molecule has 0 aliphatic heterocycles. The maximum absolute atomic E-state index is 13.3. The van der Waals surface area contributed by atoms with Crippen LogP contribution in [0.5, 0.6) is 0 Å². The van der Waals surface area contributed by atoms with Gasteiger partial charge in [0.15, 0.2) is 0 Å². The van der Waals surface area contributed by atoms with Gasteiger partial charge in [-0.1, -0.05) is 11.6 Å². The normalized spacial score (nSPS) is 11.5. The minimum Gasteiger partial charge on any atom is -0.259 e. The average Bonchev–Trinajstić information content (AvgIpc) is 2.43. The van der Waals surface area contributed by atoms with Crippen LogP contribution in [0.25, 0.3) is 10.9 Å². The molecule has 0 bridgehead atoms. The highest BCUT2D eigenvalue weighted by atomic mass is 35.5. The number of nitrogens with zero attached hydrogens (tertiary/aromatic N) is 3. The zero-order chi connectivity index (χ0) is 10.3. The molecule has 0 fully saturated rings. The van der Waals surface area contributed by atoms with Crippen molar-refractivity contribution in [3.63, 3.8) is 0 Å². The van der Waals surface area contributed by atoms with Crippen LogP contribution in [-0.4, -0.2) is 14.8 Å². The fourth-order valence-corrected chi connectivity index (χ4v) is 1.52. The Bertz CT molecular complexity index is 478. The zero-order valence-electron chi connectivity index (χ0n) is 7.83. The van der Waals surface area contributed by atoms with E-state index >= 15 is 0 Å². The molecule has 0 radical (unpaired) electrons. The molecule has 14 heavy (non-hydrogen) atoms. The van der Waals surface area contributed by atoms with Gasteiger partial charge in [0.2, 0.25) is 5.95 Å². The quantitative estimate of drug-likeness (QED) is 0.682. The second-order valence-corrected chi connectivity index (χ2v) is 3.74. The number of pyridine rings is 1. The van der Waals surface area contributed by atoms with Gasteiger partial charge in [-0.25, -0.2) is 4.98 Å². The summed E-state index contributed by atoms with van der Waals surface area (Å²) in [6.45, 7) is 3.86. The first-order chi connectivity index (χ1) is 6.59. The highest BCUT2D eigenvalue weighted by Crippen LogP contribution is 2.22. The minimum absolute atomic E-state index is 0.0977. The van der Waals surface area contributed by atoms with Crippen molar-refractivity contribution in [3.8, 4) is 0 Å². The van der Waals surface area contributed by atoms with Crippen molar-refractivity contribution < 1.29 is 4.39 Å². The van der Waals surface area contributed by atoms with Gasteiger partial charge in [-0.3, -0.25) is 4.68 Å². The van der Waals surface area contributed by atoms with Crippen molar-refractivity contribution in [3.05, 3.63) is 23.4 Å².